The van der Waals surface area contributed by atoms with Crippen molar-refractivity contribution >= 4 is 17.2 Å². The van der Waals surface area contributed by atoms with Gasteiger partial charge in [-0.1, -0.05) is 0 Å². The summed E-state index contributed by atoms with van der Waals surface area (Å²) in [5.41, 5.74) is 1.47. The molecule has 1 N–H and O–H groups in total. The van der Waals surface area contributed by atoms with E-state index >= 15 is 0 Å². The molecule has 0 aromatic heterocycles. The molecule has 2 rings (SSSR count). The van der Waals surface area contributed by atoms with E-state index in [1.54, 1.807) is 31.4 Å². The second kappa shape index (κ2) is 5.52. The summed E-state index contributed by atoms with van der Waals surface area (Å²) in [5.74, 6) is 0.224. The second-order valence-electron chi connectivity index (χ2n) is 4.10. The number of anilines is 2. The number of carbonyl (C=O) groups is 1. The van der Waals surface area contributed by atoms with Crippen LogP contribution in [0.15, 0.2) is 42.5 Å². The average Bonchev–Trinajstić information content (AvgIpc) is 2.42. The van der Waals surface area contributed by atoms with Crippen molar-refractivity contribution in [3.8, 4) is 5.75 Å². The van der Waals surface area contributed by atoms with Crippen molar-refractivity contribution in [2.24, 2.45) is 0 Å². The minimum Gasteiger partial charge on any atom is -0.497 e. The number of benzene rings is 2. The summed E-state index contributed by atoms with van der Waals surface area (Å²) in [5, 5.41) is 2.94. The second-order valence-corrected chi connectivity index (χ2v) is 4.10. The Morgan fingerprint density at radius 2 is 1.84 bits per heavy atom. The maximum absolute atomic E-state index is 13.7. The highest BCUT2D eigenvalue weighted by Gasteiger charge is 2.06. The number of methoxy groups -OCH3 is 1. The van der Waals surface area contributed by atoms with Crippen molar-refractivity contribution < 1.29 is 13.9 Å². The zero-order valence-electron chi connectivity index (χ0n) is 10.7. The third kappa shape index (κ3) is 3.10. The first-order valence-corrected chi connectivity index (χ1v) is 5.81. The van der Waals surface area contributed by atoms with Gasteiger partial charge in [-0.2, -0.15) is 0 Å². The van der Waals surface area contributed by atoms with Crippen LogP contribution in [0.3, 0.4) is 0 Å². The molecule has 0 saturated carbocycles. The Bertz CT molecular complexity index is 594. The summed E-state index contributed by atoms with van der Waals surface area (Å²) in [4.78, 5) is 11.3. The van der Waals surface area contributed by atoms with Crippen LogP contribution >= 0.6 is 0 Å². The topological polar surface area (TPSA) is 38.3 Å². The Labute approximate surface area is 111 Å². The lowest BCUT2D eigenvalue weighted by Gasteiger charge is -2.09. The first-order valence-electron chi connectivity index (χ1n) is 5.81. The molecule has 3 nitrogen and oxygen atoms in total. The molecule has 0 spiro atoms. The van der Waals surface area contributed by atoms with E-state index < -0.39 is 5.82 Å². The SMILES string of the molecule is COc1ccc(Nc2cc(C(C)=O)ccc2F)cc1. The van der Waals surface area contributed by atoms with Crippen LogP contribution in [0.4, 0.5) is 15.8 Å². The Morgan fingerprint density at radius 1 is 1.16 bits per heavy atom. The van der Waals surface area contributed by atoms with Crippen LogP contribution < -0.4 is 10.1 Å². The Balaban J connectivity index is 2.26. The van der Waals surface area contributed by atoms with Crippen molar-refractivity contribution in [2.45, 2.75) is 6.92 Å². The van der Waals surface area contributed by atoms with Crippen molar-refractivity contribution in [1.82, 2.24) is 0 Å². The van der Waals surface area contributed by atoms with Crippen LogP contribution in [0.5, 0.6) is 5.75 Å². The Kier molecular flexibility index (Phi) is 3.80. The van der Waals surface area contributed by atoms with Crippen LogP contribution in [0.1, 0.15) is 17.3 Å². The lowest BCUT2D eigenvalue weighted by Crippen LogP contribution is -1.98. The molecule has 0 aliphatic rings. The van der Waals surface area contributed by atoms with Gasteiger partial charge >= 0.3 is 0 Å². The van der Waals surface area contributed by atoms with Gasteiger partial charge in [-0.05, 0) is 49.4 Å². The predicted octanol–water partition coefficient (Wildman–Crippen LogP) is 3.78. The molecule has 2 aromatic rings. The van der Waals surface area contributed by atoms with Crippen molar-refractivity contribution in [1.29, 1.82) is 0 Å². The number of nitrogens with one attached hydrogen (secondary N) is 1. The third-order valence-electron chi connectivity index (χ3n) is 2.74. The quantitative estimate of drug-likeness (QED) is 0.849. The van der Waals surface area contributed by atoms with Gasteiger partial charge in [0.25, 0.3) is 0 Å². The molecule has 0 fully saturated rings. The molecular formula is C15H14FNO2. The zero-order chi connectivity index (χ0) is 13.8. The summed E-state index contributed by atoms with van der Waals surface area (Å²) in [7, 11) is 1.58. The van der Waals surface area contributed by atoms with Crippen molar-refractivity contribution in [3.05, 3.63) is 53.8 Å². The highest BCUT2D eigenvalue weighted by molar-refractivity contribution is 5.95. The summed E-state index contributed by atoms with van der Waals surface area (Å²) >= 11 is 0. The zero-order valence-corrected chi connectivity index (χ0v) is 10.7. The summed E-state index contributed by atoms with van der Waals surface area (Å²) in [6, 6.07) is 11.4. The van der Waals surface area contributed by atoms with Gasteiger partial charge < -0.3 is 10.1 Å². The molecule has 0 saturated heterocycles. The number of rotatable bonds is 4. The first kappa shape index (κ1) is 13.1. The van der Waals surface area contributed by atoms with E-state index in [4.69, 9.17) is 4.74 Å². The fourth-order valence-electron chi connectivity index (χ4n) is 1.67. The van der Waals surface area contributed by atoms with Gasteiger partial charge in [-0.15, -0.1) is 0 Å². The molecule has 0 unspecified atom stereocenters. The van der Waals surface area contributed by atoms with E-state index in [9.17, 15) is 9.18 Å². The molecular weight excluding hydrogens is 245 g/mol. The normalized spacial score (nSPS) is 10.1. The fourth-order valence-corrected chi connectivity index (χ4v) is 1.67. The monoisotopic (exact) mass is 259 g/mol. The number of ether oxygens (including phenoxy) is 1. The minimum absolute atomic E-state index is 0.0993. The maximum atomic E-state index is 13.7. The Hall–Kier alpha value is -2.36. The molecule has 0 atom stereocenters. The molecule has 0 amide bonds. The van der Waals surface area contributed by atoms with E-state index in [2.05, 4.69) is 5.32 Å². The highest BCUT2D eigenvalue weighted by Crippen LogP contribution is 2.23. The van der Waals surface area contributed by atoms with Gasteiger partial charge in [0.2, 0.25) is 0 Å². The van der Waals surface area contributed by atoms with Crippen LogP contribution in [-0.4, -0.2) is 12.9 Å². The van der Waals surface area contributed by atoms with Crippen LogP contribution in [0.2, 0.25) is 0 Å². The van der Waals surface area contributed by atoms with E-state index in [0.717, 1.165) is 11.4 Å². The summed E-state index contributed by atoms with van der Waals surface area (Å²) < 4.78 is 18.7. The molecule has 0 aliphatic carbocycles. The molecule has 2 aromatic carbocycles. The molecule has 0 aliphatic heterocycles. The number of halogens is 1. The molecule has 19 heavy (non-hydrogen) atoms. The van der Waals surface area contributed by atoms with E-state index in [0.29, 0.717) is 5.56 Å². The summed E-state index contributed by atoms with van der Waals surface area (Å²) in [6.07, 6.45) is 0. The lowest BCUT2D eigenvalue weighted by atomic mass is 10.1. The number of ketones is 1. The predicted molar refractivity (Wildman–Crippen MR) is 72.7 cm³/mol. The number of carbonyl (C=O) groups excluding carboxylic acids is 1. The molecule has 0 bridgehead atoms. The van der Waals surface area contributed by atoms with E-state index in [1.165, 1.54) is 25.1 Å². The number of hydrogen-bond acceptors (Lipinski definition) is 3. The first-order chi connectivity index (χ1) is 9.10. The fraction of sp³-hybridized carbons (Fsp3) is 0.133. The number of Topliss-reactive ketones (excluding diaryl/α,β-unsaturated/α-hetero) is 1. The van der Waals surface area contributed by atoms with Crippen LogP contribution in [-0.2, 0) is 0 Å². The van der Waals surface area contributed by atoms with E-state index in [1.807, 2.05) is 0 Å². The van der Waals surface area contributed by atoms with Gasteiger partial charge in [0.15, 0.2) is 5.78 Å². The van der Waals surface area contributed by atoms with Gasteiger partial charge in [-0.3, -0.25) is 4.79 Å². The molecule has 98 valence electrons. The third-order valence-corrected chi connectivity index (χ3v) is 2.74. The highest BCUT2D eigenvalue weighted by atomic mass is 19.1. The summed E-state index contributed by atoms with van der Waals surface area (Å²) in [6.45, 7) is 1.45. The largest absolute Gasteiger partial charge is 0.497 e. The smallest absolute Gasteiger partial charge is 0.159 e. The molecule has 0 radical (unpaired) electrons. The standard InChI is InChI=1S/C15H14FNO2/c1-10(18)11-3-8-14(16)15(9-11)17-12-4-6-13(19-2)7-5-12/h3-9,17H,1-2H3. The van der Waals surface area contributed by atoms with Gasteiger partial charge in [-0.25, -0.2) is 4.39 Å². The Morgan fingerprint density at radius 3 is 2.42 bits per heavy atom. The van der Waals surface area contributed by atoms with Crippen LogP contribution in [0, 0.1) is 5.82 Å². The van der Waals surface area contributed by atoms with E-state index in [-0.39, 0.29) is 11.5 Å². The maximum Gasteiger partial charge on any atom is 0.159 e. The minimum atomic E-state index is -0.402. The average molecular weight is 259 g/mol. The van der Waals surface area contributed by atoms with Crippen molar-refractivity contribution in [3.63, 3.8) is 0 Å². The lowest BCUT2D eigenvalue weighted by molar-refractivity contribution is 0.101. The van der Waals surface area contributed by atoms with Crippen molar-refractivity contribution in [2.75, 3.05) is 12.4 Å². The van der Waals surface area contributed by atoms with Gasteiger partial charge in [0.1, 0.15) is 11.6 Å². The van der Waals surface area contributed by atoms with Gasteiger partial charge in [0, 0.05) is 11.3 Å². The van der Waals surface area contributed by atoms with Crippen LogP contribution in [0.25, 0.3) is 0 Å². The molecule has 0 heterocycles. The van der Waals surface area contributed by atoms with Gasteiger partial charge in [0.05, 0.1) is 12.8 Å². The molecule has 4 heteroatoms. The number of hydrogen-bond donors (Lipinski definition) is 1.